The van der Waals surface area contributed by atoms with Crippen LogP contribution in [0, 0.1) is 22.0 Å². The zero-order chi connectivity index (χ0) is 42.1. The van der Waals surface area contributed by atoms with Crippen LogP contribution in [0.5, 0.6) is 0 Å². The van der Waals surface area contributed by atoms with Crippen molar-refractivity contribution in [2.24, 2.45) is 17.6 Å². The molecular formula is C41H66N8O8. The zero-order valence-corrected chi connectivity index (χ0v) is 34.6. The highest BCUT2D eigenvalue weighted by molar-refractivity contribution is 5.96. The van der Waals surface area contributed by atoms with Gasteiger partial charge in [-0.1, -0.05) is 105 Å². The van der Waals surface area contributed by atoms with Crippen molar-refractivity contribution < 1.29 is 33.7 Å². The number of nitrogens with one attached hydrogen (secondary N) is 4. The highest BCUT2D eigenvalue weighted by Gasteiger charge is 2.39. The standard InChI is InChI=1S/C41H66N8O8/c1-6-8-9-10-11-12-13-14-15-16-21-43-34(50)26-48-31-20-19-29(24-33(31)49(56)57)23-30(38(42)52)45-40(54)36(27(3)4)46-39(53)32-18-17-22-47(32)35(51)25-44-41(55)37(48)28(5)7-2/h19-20,24,27-28,30,32,36-37H,6-18,21-23,25-26H2,1-5H3,(H2,42,52)(H,43,50)(H,44,55)(H,45,54)(H,46,53)/t28-,30+,32+,36-,37-/m1/s1. The van der Waals surface area contributed by atoms with Crippen LogP contribution in [0.15, 0.2) is 18.2 Å². The molecule has 2 bridgehead atoms. The number of unbranched alkanes of at least 4 members (excludes halogenated alkanes) is 9. The highest BCUT2D eigenvalue weighted by atomic mass is 16.6. The van der Waals surface area contributed by atoms with Gasteiger partial charge in [-0.2, -0.15) is 0 Å². The van der Waals surface area contributed by atoms with Crippen LogP contribution in [0.25, 0.3) is 0 Å². The molecule has 0 aromatic heterocycles. The Morgan fingerprint density at radius 1 is 0.930 bits per heavy atom. The normalized spacial score (nSPS) is 21.5. The third kappa shape index (κ3) is 14.0. The van der Waals surface area contributed by atoms with Gasteiger partial charge < -0.3 is 36.8 Å². The minimum Gasteiger partial charge on any atom is -0.368 e. The fourth-order valence-corrected chi connectivity index (χ4v) is 7.61. The lowest BCUT2D eigenvalue weighted by atomic mass is 9.95. The number of carbonyl (C=O) groups excluding carboxylic acids is 6. The molecule has 0 unspecified atom stereocenters. The number of nitro benzene ring substituents is 1. The monoisotopic (exact) mass is 799 g/mol. The maximum atomic E-state index is 14.2. The van der Waals surface area contributed by atoms with E-state index in [1.165, 1.54) is 66.5 Å². The number of benzene rings is 1. The molecule has 0 spiro atoms. The number of carbonyl (C=O) groups is 6. The van der Waals surface area contributed by atoms with Crippen LogP contribution < -0.4 is 31.9 Å². The van der Waals surface area contributed by atoms with E-state index in [1.807, 2.05) is 6.92 Å². The first kappa shape index (κ1) is 46.6. The number of nitro groups is 1. The van der Waals surface area contributed by atoms with E-state index in [1.54, 1.807) is 20.8 Å². The summed E-state index contributed by atoms with van der Waals surface area (Å²) in [6.45, 7) is 9.10. The number of hydrogen-bond acceptors (Lipinski definition) is 9. The van der Waals surface area contributed by atoms with E-state index in [0.717, 1.165) is 25.7 Å². The zero-order valence-electron chi connectivity index (χ0n) is 34.6. The molecule has 1 aromatic rings. The molecule has 6 N–H and O–H groups in total. The van der Waals surface area contributed by atoms with E-state index in [0.29, 0.717) is 31.4 Å². The summed E-state index contributed by atoms with van der Waals surface area (Å²) < 4.78 is 0. The van der Waals surface area contributed by atoms with Gasteiger partial charge in [-0.05, 0) is 42.7 Å². The summed E-state index contributed by atoms with van der Waals surface area (Å²) in [5.41, 5.74) is 5.57. The number of nitrogens with zero attached hydrogens (tertiary/aromatic N) is 3. The summed E-state index contributed by atoms with van der Waals surface area (Å²) in [5, 5.41) is 23.7. The Hall–Kier alpha value is -4.76. The second-order valence-corrected chi connectivity index (χ2v) is 15.9. The van der Waals surface area contributed by atoms with Crippen LogP contribution in [0.4, 0.5) is 11.4 Å². The maximum Gasteiger partial charge on any atom is 0.292 e. The van der Waals surface area contributed by atoms with Crippen LogP contribution >= 0.6 is 0 Å². The fourth-order valence-electron chi connectivity index (χ4n) is 7.61. The predicted molar refractivity (Wildman–Crippen MR) is 218 cm³/mol. The Labute approximate surface area is 337 Å². The minimum absolute atomic E-state index is 0.00327. The van der Waals surface area contributed by atoms with E-state index in [9.17, 15) is 38.9 Å². The highest BCUT2D eigenvalue weighted by Crippen LogP contribution is 2.33. The van der Waals surface area contributed by atoms with Gasteiger partial charge in [0, 0.05) is 25.6 Å². The first-order valence-electron chi connectivity index (χ1n) is 21.0. The molecular weight excluding hydrogens is 732 g/mol. The molecule has 57 heavy (non-hydrogen) atoms. The summed E-state index contributed by atoms with van der Waals surface area (Å²) in [7, 11) is 0. The van der Waals surface area contributed by atoms with E-state index >= 15 is 0 Å². The molecule has 1 fully saturated rings. The predicted octanol–water partition coefficient (Wildman–Crippen LogP) is 3.63. The van der Waals surface area contributed by atoms with Gasteiger partial charge in [0.1, 0.15) is 29.9 Å². The van der Waals surface area contributed by atoms with Gasteiger partial charge in [0.05, 0.1) is 18.0 Å². The smallest absolute Gasteiger partial charge is 0.292 e. The molecule has 16 heteroatoms. The molecule has 1 aromatic carbocycles. The number of rotatable bonds is 18. The van der Waals surface area contributed by atoms with Gasteiger partial charge in [-0.25, -0.2) is 0 Å². The average molecular weight is 799 g/mol. The SMILES string of the molecule is CCCCCCCCCCCCNC(=O)CN1c2ccc(cc2[N+](=O)[O-])C[C@@H](C(N)=O)NC(=O)[C@@H](C(C)C)NC(=O)[C@@H]2CCCN2C(=O)CNC(=O)[C@H]1[C@H](C)CC. The van der Waals surface area contributed by atoms with E-state index in [-0.39, 0.29) is 25.2 Å². The minimum atomic E-state index is -1.29. The van der Waals surface area contributed by atoms with Crippen molar-refractivity contribution >= 4 is 46.8 Å². The Bertz CT molecular complexity index is 1550. The molecule has 3 aliphatic heterocycles. The second kappa shape index (κ2) is 23.5. The summed E-state index contributed by atoms with van der Waals surface area (Å²) in [6, 6.07) is -0.187. The number of primary amides is 1. The topological polar surface area (TPSA) is 226 Å². The first-order chi connectivity index (χ1) is 27.2. The molecule has 0 aliphatic carbocycles. The quantitative estimate of drug-likeness (QED) is 0.0829. The number of hydrogen-bond donors (Lipinski definition) is 5. The van der Waals surface area contributed by atoms with Crippen molar-refractivity contribution in [3.63, 3.8) is 0 Å². The summed E-state index contributed by atoms with van der Waals surface area (Å²) in [4.78, 5) is 95.9. The largest absolute Gasteiger partial charge is 0.368 e. The number of nitrogens with two attached hydrogens (primary N) is 1. The molecule has 4 rings (SSSR count). The molecule has 3 heterocycles. The third-order valence-corrected chi connectivity index (χ3v) is 11.1. The molecule has 0 saturated carbocycles. The van der Waals surface area contributed by atoms with Crippen molar-refractivity contribution in [1.29, 1.82) is 0 Å². The number of anilines is 1. The van der Waals surface area contributed by atoms with Crippen LogP contribution in [0.2, 0.25) is 0 Å². The van der Waals surface area contributed by atoms with Crippen molar-refractivity contribution in [2.45, 2.75) is 149 Å². The maximum absolute atomic E-state index is 14.2. The molecule has 16 nitrogen and oxygen atoms in total. The lowest BCUT2D eigenvalue weighted by molar-refractivity contribution is -0.384. The third-order valence-electron chi connectivity index (χ3n) is 11.1. The molecule has 3 aliphatic rings. The van der Waals surface area contributed by atoms with Gasteiger partial charge >= 0.3 is 0 Å². The summed E-state index contributed by atoms with van der Waals surface area (Å²) in [6.07, 6.45) is 12.5. The summed E-state index contributed by atoms with van der Waals surface area (Å²) in [5.74, 6) is -4.53. The molecule has 5 atom stereocenters. The Morgan fingerprint density at radius 3 is 2.18 bits per heavy atom. The van der Waals surface area contributed by atoms with E-state index in [4.69, 9.17) is 5.73 Å². The average Bonchev–Trinajstić information content (AvgIpc) is 3.67. The van der Waals surface area contributed by atoms with Gasteiger partial charge in [0.2, 0.25) is 35.4 Å². The fraction of sp³-hybridized carbons (Fsp3) is 0.707. The lowest BCUT2D eigenvalue weighted by Gasteiger charge is -2.35. The van der Waals surface area contributed by atoms with Crippen molar-refractivity contribution in [2.75, 3.05) is 31.1 Å². The molecule has 0 radical (unpaired) electrons. The second-order valence-electron chi connectivity index (χ2n) is 15.9. The Balaban J connectivity index is 1.96. The van der Waals surface area contributed by atoms with Crippen LogP contribution in [-0.4, -0.2) is 95.6 Å². The molecule has 6 amide bonds. The lowest BCUT2D eigenvalue weighted by Crippen LogP contribution is -2.58. The van der Waals surface area contributed by atoms with Crippen LogP contribution in [0.3, 0.4) is 0 Å². The van der Waals surface area contributed by atoms with Crippen LogP contribution in [-0.2, 0) is 35.2 Å². The van der Waals surface area contributed by atoms with Crippen molar-refractivity contribution in [3.05, 3.63) is 33.9 Å². The molecule has 1 saturated heterocycles. The van der Waals surface area contributed by atoms with E-state index < -0.39 is 88.6 Å². The van der Waals surface area contributed by atoms with Gasteiger partial charge in [0.15, 0.2) is 0 Å². The Kier molecular flexibility index (Phi) is 19.2. The van der Waals surface area contributed by atoms with Gasteiger partial charge in [-0.3, -0.25) is 38.9 Å². The van der Waals surface area contributed by atoms with E-state index in [2.05, 4.69) is 28.2 Å². The van der Waals surface area contributed by atoms with Crippen molar-refractivity contribution in [1.82, 2.24) is 26.2 Å². The number of amides is 6. The van der Waals surface area contributed by atoms with Gasteiger partial charge in [0.25, 0.3) is 5.69 Å². The molecule has 318 valence electrons. The van der Waals surface area contributed by atoms with Crippen molar-refractivity contribution in [3.8, 4) is 0 Å². The number of fused-ring (bicyclic) bond motifs is 13. The summed E-state index contributed by atoms with van der Waals surface area (Å²) >= 11 is 0. The first-order valence-corrected chi connectivity index (χ1v) is 21.0. The van der Waals surface area contributed by atoms with Crippen LogP contribution in [0.1, 0.15) is 124 Å². The van der Waals surface area contributed by atoms with Gasteiger partial charge in [-0.15, -0.1) is 0 Å². The Morgan fingerprint density at radius 2 is 1.58 bits per heavy atom.